The fraction of sp³-hybridized carbons (Fsp3) is 0.708. The van der Waals surface area contributed by atoms with Crippen molar-refractivity contribution in [1.29, 1.82) is 0 Å². The van der Waals surface area contributed by atoms with E-state index in [4.69, 9.17) is 0 Å². The third kappa shape index (κ3) is 3.74. The number of nitrogens with one attached hydrogen (secondary N) is 1. The molecule has 1 aromatic rings. The summed E-state index contributed by atoms with van der Waals surface area (Å²) in [4.78, 5) is 17.3. The number of carbonyl (C=O) groups is 1. The molecule has 5 fully saturated rings. The molecule has 1 amide bonds. The quantitative estimate of drug-likeness (QED) is 0.801. The number of phenols is 1. The average molecular weight is 398 g/mol. The summed E-state index contributed by atoms with van der Waals surface area (Å²) in [7, 11) is 0. The molecule has 4 saturated carbocycles. The number of benzene rings is 1. The highest BCUT2D eigenvalue weighted by Gasteiger charge is 2.53. The largest absolute Gasteiger partial charge is 0.506 e. The molecule has 4 aliphatic carbocycles. The number of nitrogens with zero attached hydrogens (tertiary/aromatic N) is 2. The van der Waals surface area contributed by atoms with Crippen molar-refractivity contribution < 1.29 is 9.90 Å². The molecule has 5 heteroatoms. The number of para-hydroxylation sites is 2. The molecule has 1 heterocycles. The number of amides is 1. The second-order valence-electron chi connectivity index (χ2n) is 10.3. The van der Waals surface area contributed by atoms with Crippen LogP contribution in [0, 0.1) is 23.2 Å². The van der Waals surface area contributed by atoms with Gasteiger partial charge in [-0.25, -0.2) is 0 Å². The van der Waals surface area contributed by atoms with Gasteiger partial charge in [0.15, 0.2) is 0 Å². The molecule has 29 heavy (non-hydrogen) atoms. The molecule has 0 aromatic heterocycles. The lowest BCUT2D eigenvalue weighted by molar-refractivity contribution is -0.127. The molecule has 4 bridgehead atoms. The zero-order valence-corrected chi connectivity index (χ0v) is 17.6. The van der Waals surface area contributed by atoms with E-state index in [0.717, 1.165) is 49.6 Å². The van der Waals surface area contributed by atoms with E-state index in [-0.39, 0.29) is 5.91 Å². The minimum atomic E-state index is 0.184. The number of hydrogen-bond acceptors (Lipinski definition) is 4. The van der Waals surface area contributed by atoms with Crippen molar-refractivity contribution in [3.8, 4) is 5.75 Å². The Hall–Kier alpha value is -1.75. The van der Waals surface area contributed by atoms with E-state index in [9.17, 15) is 9.90 Å². The van der Waals surface area contributed by atoms with Gasteiger partial charge >= 0.3 is 0 Å². The number of phenolic OH excluding ortho intramolecular Hbond substituents is 1. The van der Waals surface area contributed by atoms with Crippen molar-refractivity contribution in [2.75, 3.05) is 37.6 Å². The maximum absolute atomic E-state index is 12.8. The number of aromatic hydroxyl groups is 1. The first-order valence-electron chi connectivity index (χ1n) is 11.6. The summed E-state index contributed by atoms with van der Waals surface area (Å²) in [5, 5.41) is 13.5. The molecular weight excluding hydrogens is 362 g/mol. The molecule has 1 atom stereocenters. The highest BCUT2D eigenvalue weighted by Crippen LogP contribution is 2.61. The predicted octanol–water partition coefficient (Wildman–Crippen LogP) is 3.24. The van der Waals surface area contributed by atoms with Crippen LogP contribution in [0.25, 0.3) is 0 Å². The van der Waals surface area contributed by atoms with Crippen LogP contribution in [0.5, 0.6) is 5.75 Å². The van der Waals surface area contributed by atoms with Crippen LogP contribution in [0.15, 0.2) is 24.3 Å². The maximum Gasteiger partial charge on any atom is 0.234 e. The Balaban J connectivity index is 1.13. The van der Waals surface area contributed by atoms with Gasteiger partial charge in [0.25, 0.3) is 0 Å². The minimum absolute atomic E-state index is 0.184. The summed E-state index contributed by atoms with van der Waals surface area (Å²) >= 11 is 0. The molecule has 1 aromatic carbocycles. The molecule has 0 unspecified atom stereocenters. The van der Waals surface area contributed by atoms with Gasteiger partial charge in [0.05, 0.1) is 12.2 Å². The number of hydrogen-bond donors (Lipinski definition) is 2. The first-order valence-corrected chi connectivity index (χ1v) is 11.6. The van der Waals surface area contributed by atoms with E-state index in [1.54, 1.807) is 6.07 Å². The lowest BCUT2D eigenvalue weighted by atomic mass is 9.48. The Morgan fingerprint density at radius 1 is 1.07 bits per heavy atom. The normalized spacial score (nSPS) is 34.9. The van der Waals surface area contributed by atoms with Gasteiger partial charge in [0.2, 0.25) is 5.91 Å². The summed E-state index contributed by atoms with van der Waals surface area (Å²) in [6.45, 7) is 6.15. The summed E-state index contributed by atoms with van der Waals surface area (Å²) in [5.74, 6) is 3.28. The van der Waals surface area contributed by atoms with Gasteiger partial charge in [-0.05, 0) is 80.8 Å². The van der Waals surface area contributed by atoms with Crippen molar-refractivity contribution >= 4 is 11.6 Å². The summed E-state index contributed by atoms with van der Waals surface area (Å²) < 4.78 is 0. The fourth-order valence-corrected chi connectivity index (χ4v) is 7.23. The van der Waals surface area contributed by atoms with Crippen molar-refractivity contribution in [3.05, 3.63) is 24.3 Å². The second-order valence-corrected chi connectivity index (χ2v) is 10.3. The monoisotopic (exact) mass is 397 g/mol. The summed E-state index contributed by atoms with van der Waals surface area (Å²) in [5.41, 5.74) is 1.26. The molecule has 1 saturated heterocycles. The van der Waals surface area contributed by atoms with E-state index < -0.39 is 0 Å². The zero-order valence-electron chi connectivity index (χ0n) is 17.6. The summed E-state index contributed by atoms with van der Waals surface area (Å²) in [6.07, 6.45) is 8.34. The lowest BCUT2D eigenvalue weighted by Crippen LogP contribution is -2.57. The molecule has 6 rings (SSSR count). The molecular formula is C24H35N3O2. The van der Waals surface area contributed by atoms with Gasteiger partial charge < -0.3 is 15.3 Å². The molecule has 1 aliphatic heterocycles. The van der Waals surface area contributed by atoms with Crippen LogP contribution in [0.4, 0.5) is 5.69 Å². The van der Waals surface area contributed by atoms with Crippen molar-refractivity contribution in [3.63, 3.8) is 0 Å². The minimum Gasteiger partial charge on any atom is -0.506 e. The van der Waals surface area contributed by atoms with Gasteiger partial charge in [-0.3, -0.25) is 9.69 Å². The Labute approximate surface area is 174 Å². The Morgan fingerprint density at radius 2 is 1.66 bits per heavy atom. The highest BCUT2D eigenvalue weighted by molar-refractivity contribution is 5.78. The Bertz CT molecular complexity index is 721. The first kappa shape index (κ1) is 19.2. The van der Waals surface area contributed by atoms with Gasteiger partial charge in [0, 0.05) is 32.2 Å². The highest BCUT2D eigenvalue weighted by atomic mass is 16.3. The molecule has 2 N–H and O–H groups in total. The van der Waals surface area contributed by atoms with Crippen LogP contribution in [0.3, 0.4) is 0 Å². The number of carbonyl (C=O) groups excluding carboxylic acids is 1. The van der Waals surface area contributed by atoms with E-state index in [2.05, 4.69) is 22.0 Å². The van der Waals surface area contributed by atoms with Crippen LogP contribution < -0.4 is 10.2 Å². The first-order chi connectivity index (χ1) is 14.0. The fourth-order valence-electron chi connectivity index (χ4n) is 7.23. The van der Waals surface area contributed by atoms with Crippen LogP contribution >= 0.6 is 0 Å². The number of anilines is 1. The van der Waals surface area contributed by atoms with Crippen molar-refractivity contribution in [2.45, 2.75) is 51.5 Å². The van der Waals surface area contributed by atoms with E-state index in [1.807, 2.05) is 18.2 Å². The maximum atomic E-state index is 12.8. The van der Waals surface area contributed by atoms with Gasteiger partial charge in [-0.2, -0.15) is 0 Å². The topological polar surface area (TPSA) is 55.8 Å². The van der Waals surface area contributed by atoms with E-state index >= 15 is 0 Å². The smallest absolute Gasteiger partial charge is 0.234 e. The third-order valence-corrected chi connectivity index (χ3v) is 8.34. The predicted molar refractivity (Wildman–Crippen MR) is 115 cm³/mol. The van der Waals surface area contributed by atoms with E-state index in [0.29, 0.717) is 23.8 Å². The molecule has 5 aliphatic rings. The average Bonchev–Trinajstić information content (AvgIpc) is 2.68. The molecule has 158 valence electrons. The molecule has 0 spiro atoms. The number of rotatable bonds is 5. The number of piperazine rings is 1. The van der Waals surface area contributed by atoms with Crippen LogP contribution in [-0.4, -0.2) is 54.7 Å². The Morgan fingerprint density at radius 3 is 2.24 bits per heavy atom. The van der Waals surface area contributed by atoms with Gasteiger partial charge in [-0.15, -0.1) is 0 Å². The van der Waals surface area contributed by atoms with Crippen LogP contribution in [-0.2, 0) is 4.79 Å². The summed E-state index contributed by atoms with van der Waals surface area (Å²) in [6, 6.07) is 7.81. The standard InChI is InChI=1S/C24H35N3O2/c1-17(24-13-18-10-19(14-24)12-20(11-18)15-24)25-23(29)16-26-6-8-27(9-7-26)21-4-2-3-5-22(21)28/h2-5,17-20,28H,6-16H2,1H3,(H,25,29)/t17-,18?,19?,20?,24?/m1/s1. The van der Waals surface area contributed by atoms with Gasteiger partial charge in [-0.1, -0.05) is 12.1 Å². The van der Waals surface area contributed by atoms with Crippen LogP contribution in [0.2, 0.25) is 0 Å². The van der Waals surface area contributed by atoms with Gasteiger partial charge in [0.1, 0.15) is 5.75 Å². The van der Waals surface area contributed by atoms with Crippen molar-refractivity contribution in [2.24, 2.45) is 23.2 Å². The molecule has 5 nitrogen and oxygen atoms in total. The Kier molecular flexibility index (Phi) is 4.97. The third-order valence-electron chi connectivity index (χ3n) is 8.34. The van der Waals surface area contributed by atoms with Crippen LogP contribution in [0.1, 0.15) is 45.4 Å². The molecule has 0 radical (unpaired) electrons. The van der Waals surface area contributed by atoms with Crippen molar-refractivity contribution in [1.82, 2.24) is 10.2 Å². The lowest BCUT2D eigenvalue weighted by Gasteiger charge is -2.59. The zero-order chi connectivity index (χ0) is 20.0. The second kappa shape index (κ2) is 7.50. The van der Waals surface area contributed by atoms with E-state index in [1.165, 1.54) is 38.5 Å². The SMILES string of the molecule is C[C@@H](NC(=O)CN1CCN(c2ccccc2O)CC1)C12CC3CC(CC(C3)C1)C2.